The topological polar surface area (TPSA) is 52.0 Å². The van der Waals surface area contributed by atoms with Crippen LogP contribution in [0.25, 0.3) is 11.5 Å². The van der Waals surface area contributed by atoms with Crippen LogP contribution in [-0.4, -0.2) is 11.5 Å². The maximum atomic E-state index is 5.67. The van der Waals surface area contributed by atoms with Gasteiger partial charge in [0.2, 0.25) is 5.89 Å². The highest BCUT2D eigenvalue weighted by Gasteiger charge is 2.10. The summed E-state index contributed by atoms with van der Waals surface area (Å²) in [6, 6.07) is 7.89. The molecule has 2 aromatic rings. The summed E-state index contributed by atoms with van der Waals surface area (Å²) in [7, 11) is 0. The van der Waals surface area contributed by atoms with Crippen LogP contribution in [-0.2, 0) is 6.42 Å². The van der Waals surface area contributed by atoms with E-state index in [1.165, 1.54) is 0 Å². The second-order valence-electron chi connectivity index (χ2n) is 3.57. The lowest BCUT2D eigenvalue weighted by Crippen LogP contribution is -2.02. The van der Waals surface area contributed by atoms with Crippen molar-refractivity contribution in [2.75, 3.05) is 6.54 Å². The van der Waals surface area contributed by atoms with Gasteiger partial charge in [-0.1, -0.05) is 15.9 Å². The van der Waals surface area contributed by atoms with E-state index < -0.39 is 0 Å². The zero-order chi connectivity index (χ0) is 11.5. The molecule has 0 aliphatic heterocycles. The predicted molar refractivity (Wildman–Crippen MR) is 67.1 cm³/mol. The zero-order valence-corrected chi connectivity index (χ0v) is 10.6. The van der Waals surface area contributed by atoms with Crippen molar-refractivity contribution in [2.24, 2.45) is 5.73 Å². The Bertz CT molecular complexity index is 476. The van der Waals surface area contributed by atoms with E-state index in [0.717, 1.165) is 27.9 Å². The third-order valence-corrected chi connectivity index (χ3v) is 2.88. The first-order valence-electron chi connectivity index (χ1n) is 5.13. The molecule has 0 amide bonds. The Labute approximate surface area is 103 Å². The van der Waals surface area contributed by atoms with Gasteiger partial charge < -0.3 is 10.2 Å². The van der Waals surface area contributed by atoms with E-state index in [9.17, 15) is 0 Å². The first kappa shape index (κ1) is 11.4. The summed E-state index contributed by atoms with van der Waals surface area (Å²) in [4.78, 5) is 4.39. The van der Waals surface area contributed by atoms with Gasteiger partial charge in [-0.05, 0) is 37.7 Å². The molecule has 1 heterocycles. The molecule has 0 spiro atoms. The lowest BCUT2D eigenvalue weighted by molar-refractivity contribution is 0.517. The lowest BCUT2D eigenvalue weighted by Gasteiger charge is -1.95. The number of halogens is 1. The normalized spacial score (nSPS) is 10.7. The fraction of sp³-hybridized carbons (Fsp3) is 0.250. The van der Waals surface area contributed by atoms with Crippen molar-refractivity contribution >= 4 is 15.9 Å². The van der Waals surface area contributed by atoms with Gasteiger partial charge in [0.15, 0.2) is 0 Å². The van der Waals surface area contributed by atoms with Crippen LogP contribution in [0.1, 0.15) is 11.5 Å². The average molecular weight is 281 g/mol. The number of nitrogens with zero attached hydrogens (tertiary/aromatic N) is 1. The van der Waals surface area contributed by atoms with Gasteiger partial charge in [0.1, 0.15) is 5.76 Å². The molecule has 3 nitrogen and oxygen atoms in total. The maximum Gasteiger partial charge on any atom is 0.226 e. The first-order chi connectivity index (χ1) is 7.70. The van der Waals surface area contributed by atoms with E-state index in [1.807, 2.05) is 31.2 Å². The van der Waals surface area contributed by atoms with E-state index in [1.54, 1.807) is 0 Å². The van der Waals surface area contributed by atoms with E-state index in [2.05, 4.69) is 20.9 Å². The number of hydrogen-bond donors (Lipinski definition) is 1. The maximum absolute atomic E-state index is 5.67. The molecular formula is C12H13BrN2O. The lowest BCUT2D eigenvalue weighted by atomic mass is 10.2. The van der Waals surface area contributed by atoms with Crippen molar-refractivity contribution in [3.05, 3.63) is 40.2 Å². The molecule has 1 aromatic heterocycles. The van der Waals surface area contributed by atoms with Gasteiger partial charge in [0.05, 0.1) is 5.69 Å². The Morgan fingerprint density at radius 3 is 2.62 bits per heavy atom. The van der Waals surface area contributed by atoms with Crippen molar-refractivity contribution < 1.29 is 4.42 Å². The van der Waals surface area contributed by atoms with Gasteiger partial charge in [-0.2, -0.15) is 0 Å². The summed E-state index contributed by atoms with van der Waals surface area (Å²) in [5, 5.41) is 0. The van der Waals surface area contributed by atoms with E-state index in [-0.39, 0.29) is 0 Å². The van der Waals surface area contributed by atoms with Gasteiger partial charge in [0, 0.05) is 16.5 Å². The predicted octanol–water partition coefficient (Wildman–Crippen LogP) is 2.91. The number of aryl methyl sites for hydroxylation is 1. The van der Waals surface area contributed by atoms with Crippen LogP contribution < -0.4 is 5.73 Å². The van der Waals surface area contributed by atoms with Gasteiger partial charge >= 0.3 is 0 Å². The molecule has 0 saturated carbocycles. The third kappa shape index (κ3) is 2.33. The van der Waals surface area contributed by atoms with Gasteiger partial charge in [-0.3, -0.25) is 0 Å². The molecule has 4 heteroatoms. The molecule has 0 bridgehead atoms. The standard InChI is InChI=1S/C12H13BrN2O/c1-8-11(6-7-14)16-12(15-8)9-2-4-10(13)5-3-9/h2-5H,6-7,14H2,1H3. The summed E-state index contributed by atoms with van der Waals surface area (Å²) in [5.74, 6) is 1.54. The number of aromatic nitrogens is 1. The highest BCUT2D eigenvalue weighted by molar-refractivity contribution is 9.10. The minimum absolute atomic E-state index is 0.579. The SMILES string of the molecule is Cc1nc(-c2ccc(Br)cc2)oc1CCN. The molecule has 84 valence electrons. The smallest absolute Gasteiger partial charge is 0.226 e. The Kier molecular flexibility index (Phi) is 3.41. The van der Waals surface area contributed by atoms with Crippen LogP contribution in [0.4, 0.5) is 0 Å². The molecule has 0 aliphatic carbocycles. The number of oxazole rings is 1. The van der Waals surface area contributed by atoms with Gasteiger partial charge in [0.25, 0.3) is 0 Å². The van der Waals surface area contributed by atoms with Crippen LogP contribution in [0.15, 0.2) is 33.2 Å². The van der Waals surface area contributed by atoms with Crippen molar-refractivity contribution in [1.82, 2.24) is 4.98 Å². The molecule has 0 saturated heterocycles. The number of rotatable bonds is 3. The summed E-state index contributed by atoms with van der Waals surface area (Å²) >= 11 is 3.39. The molecule has 0 fully saturated rings. The second kappa shape index (κ2) is 4.80. The molecule has 1 aromatic carbocycles. The van der Waals surface area contributed by atoms with Crippen molar-refractivity contribution in [3.8, 4) is 11.5 Å². The number of benzene rings is 1. The summed E-state index contributed by atoms with van der Waals surface area (Å²) in [6.45, 7) is 2.52. The van der Waals surface area contributed by atoms with E-state index in [4.69, 9.17) is 10.2 Å². The number of hydrogen-bond acceptors (Lipinski definition) is 3. The Hall–Kier alpha value is -1.13. The van der Waals surface area contributed by atoms with Crippen LogP contribution in [0.3, 0.4) is 0 Å². The zero-order valence-electron chi connectivity index (χ0n) is 9.03. The third-order valence-electron chi connectivity index (χ3n) is 2.36. The first-order valence-corrected chi connectivity index (χ1v) is 5.92. The van der Waals surface area contributed by atoms with E-state index in [0.29, 0.717) is 12.4 Å². The Morgan fingerprint density at radius 2 is 2.00 bits per heavy atom. The highest BCUT2D eigenvalue weighted by atomic mass is 79.9. The van der Waals surface area contributed by atoms with Crippen LogP contribution in [0.2, 0.25) is 0 Å². The summed E-state index contributed by atoms with van der Waals surface area (Å²) < 4.78 is 6.72. The van der Waals surface area contributed by atoms with Gasteiger partial charge in [-0.15, -0.1) is 0 Å². The van der Waals surface area contributed by atoms with Crippen molar-refractivity contribution in [3.63, 3.8) is 0 Å². The molecule has 0 unspecified atom stereocenters. The van der Waals surface area contributed by atoms with Crippen molar-refractivity contribution in [2.45, 2.75) is 13.3 Å². The molecule has 0 aliphatic rings. The average Bonchev–Trinajstić information content (AvgIpc) is 2.62. The Balaban J connectivity index is 2.33. The minimum Gasteiger partial charge on any atom is -0.441 e. The van der Waals surface area contributed by atoms with E-state index >= 15 is 0 Å². The summed E-state index contributed by atoms with van der Waals surface area (Å²) in [6.07, 6.45) is 0.732. The monoisotopic (exact) mass is 280 g/mol. The summed E-state index contributed by atoms with van der Waals surface area (Å²) in [5.41, 5.74) is 7.40. The molecular weight excluding hydrogens is 268 g/mol. The molecule has 0 radical (unpaired) electrons. The molecule has 16 heavy (non-hydrogen) atoms. The van der Waals surface area contributed by atoms with Crippen LogP contribution in [0.5, 0.6) is 0 Å². The molecule has 0 atom stereocenters. The fourth-order valence-corrected chi connectivity index (χ4v) is 1.77. The molecule has 2 N–H and O–H groups in total. The largest absolute Gasteiger partial charge is 0.441 e. The van der Waals surface area contributed by atoms with Crippen LogP contribution in [0, 0.1) is 6.92 Å². The fourth-order valence-electron chi connectivity index (χ4n) is 1.51. The molecule has 2 rings (SSSR count). The number of nitrogens with two attached hydrogens (primary N) is 1. The van der Waals surface area contributed by atoms with Gasteiger partial charge in [-0.25, -0.2) is 4.98 Å². The highest BCUT2D eigenvalue weighted by Crippen LogP contribution is 2.23. The second-order valence-corrected chi connectivity index (χ2v) is 4.49. The quantitative estimate of drug-likeness (QED) is 0.941. The van der Waals surface area contributed by atoms with Crippen molar-refractivity contribution in [1.29, 1.82) is 0 Å². The Morgan fingerprint density at radius 1 is 1.31 bits per heavy atom. The minimum atomic E-state index is 0.579. The van der Waals surface area contributed by atoms with Crippen LogP contribution >= 0.6 is 15.9 Å².